The van der Waals surface area contributed by atoms with E-state index in [1.54, 1.807) is 0 Å². The molecule has 0 aliphatic carbocycles. The molecule has 1 aromatic carbocycles. The lowest BCUT2D eigenvalue weighted by Crippen LogP contribution is -2.28. The third-order valence-corrected chi connectivity index (χ3v) is 4.71. The molecule has 2 heterocycles. The molecule has 0 bridgehead atoms. The highest BCUT2D eigenvalue weighted by molar-refractivity contribution is 5.76. The molecule has 2 aromatic rings. The van der Waals surface area contributed by atoms with E-state index >= 15 is 0 Å². The number of carboxylic acids is 2. The lowest BCUT2D eigenvalue weighted by molar-refractivity contribution is -0.193. The van der Waals surface area contributed by atoms with Crippen LogP contribution in [0.3, 0.4) is 0 Å². The Labute approximate surface area is 197 Å². The number of hydrogen-bond acceptors (Lipinski definition) is 5. The summed E-state index contributed by atoms with van der Waals surface area (Å²) in [5, 5.41) is 14.2. The van der Waals surface area contributed by atoms with Gasteiger partial charge in [-0.15, -0.1) is 0 Å². The number of imidazole rings is 1. The summed E-state index contributed by atoms with van der Waals surface area (Å²) in [6.07, 6.45) is -6.84. The Morgan fingerprint density at radius 3 is 2.09 bits per heavy atom. The summed E-state index contributed by atoms with van der Waals surface area (Å²) in [6, 6.07) is 8.46. The molecule has 1 aliphatic heterocycles. The van der Waals surface area contributed by atoms with Crippen molar-refractivity contribution in [3.05, 3.63) is 30.1 Å². The molecule has 1 saturated heterocycles. The zero-order valence-electron chi connectivity index (χ0n) is 18.9. The molecular formula is C21H27F6N3O5. The maximum absolute atomic E-state index is 10.6. The number of ether oxygens (including phenoxy) is 1. The number of benzene rings is 1. The minimum Gasteiger partial charge on any atom is -0.475 e. The average Bonchev–Trinajstić information content (AvgIpc) is 2.92. The molecular weight excluding hydrogens is 488 g/mol. The van der Waals surface area contributed by atoms with Gasteiger partial charge in [0.15, 0.2) is 0 Å². The highest BCUT2D eigenvalue weighted by Crippen LogP contribution is 2.17. The zero-order chi connectivity index (χ0) is 26.6. The van der Waals surface area contributed by atoms with Gasteiger partial charge in [-0.25, -0.2) is 14.6 Å². The molecule has 1 aliphatic rings. The summed E-state index contributed by atoms with van der Waals surface area (Å²) in [4.78, 5) is 25.1. The molecule has 0 atom stereocenters. The number of aliphatic carboxylic acids is 2. The summed E-state index contributed by atoms with van der Waals surface area (Å²) in [5.74, 6) is -4.31. The fraction of sp³-hybridized carbons (Fsp3) is 0.571. The highest BCUT2D eigenvalue weighted by Gasteiger charge is 2.38. The predicted octanol–water partition coefficient (Wildman–Crippen LogP) is 3.98. The van der Waals surface area contributed by atoms with E-state index < -0.39 is 24.3 Å². The number of fused-ring (bicyclic) bond motifs is 1. The Hall–Kier alpha value is -2.87. The summed E-state index contributed by atoms with van der Waals surface area (Å²) in [6.45, 7) is 8.44. The molecule has 0 saturated carbocycles. The van der Waals surface area contributed by atoms with Crippen molar-refractivity contribution in [2.45, 2.75) is 45.1 Å². The quantitative estimate of drug-likeness (QED) is 0.581. The third-order valence-electron chi connectivity index (χ3n) is 4.71. The monoisotopic (exact) mass is 515 g/mol. The first-order valence-electron chi connectivity index (χ1n) is 10.6. The van der Waals surface area contributed by atoms with Crippen molar-refractivity contribution in [2.75, 3.05) is 32.8 Å². The van der Waals surface area contributed by atoms with Crippen molar-refractivity contribution in [2.24, 2.45) is 0 Å². The van der Waals surface area contributed by atoms with Gasteiger partial charge in [-0.2, -0.15) is 26.3 Å². The van der Waals surface area contributed by atoms with Crippen LogP contribution in [0.4, 0.5) is 26.3 Å². The number of halogens is 6. The molecule has 8 nitrogen and oxygen atoms in total. The number of carbonyl (C=O) groups is 2. The van der Waals surface area contributed by atoms with Crippen LogP contribution in [0, 0.1) is 0 Å². The van der Waals surface area contributed by atoms with E-state index in [1.807, 2.05) is 0 Å². The number of rotatable bonds is 5. The zero-order valence-corrected chi connectivity index (χ0v) is 18.9. The van der Waals surface area contributed by atoms with Crippen molar-refractivity contribution in [3.63, 3.8) is 0 Å². The maximum atomic E-state index is 10.6. The van der Waals surface area contributed by atoms with E-state index in [4.69, 9.17) is 29.5 Å². The minimum atomic E-state index is -5.08. The first-order chi connectivity index (χ1) is 16.3. The second-order valence-electron chi connectivity index (χ2n) is 7.29. The fourth-order valence-corrected chi connectivity index (χ4v) is 3.12. The predicted molar refractivity (Wildman–Crippen MR) is 113 cm³/mol. The smallest absolute Gasteiger partial charge is 0.475 e. The van der Waals surface area contributed by atoms with Crippen LogP contribution in [0.1, 0.15) is 25.6 Å². The van der Waals surface area contributed by atoms with Crippen molar-refractivity contribution in [1.29, 1.82) is 0 Å². The number of aryl methyl sites for hydroxylation is 2. The van der Waals surface area contributed by atoms with Crippen LogP contribution in [0.2, 0.25) is 0 Å². The summed E-state index contributed by atoms with van der Waals surface area (Å²) < 4.78 is 71.4. The van der Waals surface area contributed by atoms with Crippen molar-refractivity contribution in [1.82, 2.24) is 14.5 Å². The summed E-state index contributed by atoms with van der Waals surface area (Å²) in [7, 11) is 0. The molecule has 0 unspecified atom stereocenters. The van der Waals surface area contributed by atoms with Gasteiger partial charge in [-0.05, 0) is 31.5 Å². The van der Waals surface area contributed by atoms with E-state index in [-0.39, 0.29) is 0 Å². The molecule has 1 aromatic heterocycles. The van der Waals surface area contributed by atoms with Gasteiger partial charge in [0.2, 0.25) is 0 Å². The number of nitrogens with zero attached hydrogens (tertiary/aromatic N) is 3. The SMILES string of the molecule is CCc1nc2ccccc2n1CCCN1CCCOCC1.O=C(O)C(F)(F)F.O=C(O)C(F)(F)F. The normalized spacial score (nSPS) is 14.8. The van der Waals surface area contributed by atoms with Gasteiger partial charge in [0.05, 0.1) is 17.6 Å². The lowest BCUT2D eigenvalue weighted by Gasteiger charge is -2.19. The molecule has 3 rings (SSSR count). The van der Waals surface area contributed by atoms with Crippen molar-refractivity contribution >= 4 is 23.0 Å². The van der Waals surface area contributed by atoms with Gasteiger partial charge in [0.1, 0.15) is 5.82 Å². The number of para-hydroxylation sites is 2. The molecule has 35 heavy (non-hydrogen) atoms. The van der Waals surface area contributed by atoms with E-state index in [0.717, 1.165) is 51.2 Å². The van der Waals surface area contributed by atoms with Crippen LogP contribution >= 0.6 is 0 Å². The van der Waals surface area contributed by atoms with Gasteiger partial charge in [-0.1, -0.05) is 19.1 Å². The van der Waals surface area contributed by atoms with Crippen LogP contribution in [0.5, 0.6) is 0 Å². The Balaban J connectivity index is 0.000000362. The average molecular weight is 515 g/mol. The highest BCUT2D eigenvalue weighted by atomic mass is 19.4. The largest absolute Gasteiger partial charge is 0.490 e. The number of hydrogen-bond donors (Lipinski definition) is 2. The number of aromatic nitrogens is 2. The Kier molecular flexibility index (Phi) is 12.0. The van der Waals surface area contributed by atoms with E-state index in [0.29, 0.717) is 0 Å². The lowest BCUT2D eigenvalue weighted by atomic mass is 10.3. The maximum Gasteiger partial charge on any atom is 0.490 e. The molecule has 0 spiro atoms. The second kappa shape index (κ2) is 13.9. The van der Waals surface area contributed by atoms with Gasteiger partial charge in [-0.3, -0.25) is 0 Å². The van der Waals surface area contributed by atoms with Gasteiger partial charge in [0, 0.05) is 32.7 Å². The molecule has 14 heteroatoms. The first-order valence-corrected chi connectivity index (χ1v) is 10.6. The topological polar surface area (TPSA) is 105 Å². The Bertz CT molecular complexity index is 914. The minimum absolute atomic E-state index is 0.883. The van der Waals surface area contributed by atoms with Crippen LogP contribution in [-0.4, -0.2) is 81.8 Å². The van der Waals surface area contributed by atoms with Crippen LogP contribution in [0.25, 0.3) is 11.0 Å². The van der Waals surface area contributed by atoms with Crippen LogP contribution in [-0.2, 0) is 27.3 Å². The van der Waals surface area contributed by atoms with Crippen LogP contribution < -0.4 is 0 Å². The Morgan fingerprint density at radius 2 is 1.54 bits per heavy atom. The van der Waals surface area contributed by atoms with Gasteiger partial charge < -0.3 is 24.4 Å². The fourth-order valence-electron chi connectivity index (χ4n) is 3.12. The van der Waals surface area contributed by atoms with E-state index in [1.165, 1.54) is 24.3 Å². The number of alkyl halides is 6. The van der Waals surface area contributed by atoms with E-state index in [9.17, 15) is 26.3 Å². The molecule has 2 N–H and O–H groups in total. The van der Waals surface area contributed by atoms with Crippen molar-refractivity contribution in [3.8, 4) is 0 Å². The molecule has 0 amide bonds. The number of carboxylic acid groups (broad SMARTS) is 2. The summed E-state index contributed by atoms with van der Waals surface area (Å²) >= 11 is 0. The summed E-state index contributed by atoms with van der Waals surface area (Å²) in [5.41, 5.74) is 2.39. The van der Waals surface area contributed by atoms with Gasteiger partial charge >= 0.3 is 24.3 Å². The second-order valence-corrected chi connectivity index (χ2v) is 7.29. The first kappa shape index (κ1) is 30.2. The van der Waals surface area contributed by atoms with Crippen LogP contribution in [0.15, 0.2) is 24.3 Å². The third kappa shape index (κ3) is 10.9. The van der Waals surface area contributed by atoms with Gasteiger partial charge in [0.25, 0.3) is 0 Å². The molecule has 0 radical (unpaired) electrons. The molecule has 1 fully saturated rings. The standard InChI is InChI=1S/C17H25N3O.2C2HF3O2/c1-2-17-18-15-7-3-4-8-16(15)20(17)11-5-9-19-10-6-13-21-14-12-19;2*3-2(4,5)1(6)7/h3-4,7-8H,2,5-6,9-14H2,1H3;2*(H,6,7). The van der Waals surface area contributed by atoms with Crippen molar-refractivity contribution < 1.29 is 50.9 Å². The Morgan fingerprint density at radius 1 is 0.971 bits per heavy atom. The molecule has 198 valence electrons. The van der Waals surface area contributed by atoms with E-state index in [2.05, 4.69) is 40.7 Å².